The minimum Gasteiger partial charge on any atom is -0.393 e. The number of nitrogens with one attached hydrogen (secondary N) is 1. The van der Waals surface area contributed by atoms with Crippen LogP contribution in [-0.2, 0) is 14.4 Å². The lowest BCUT2D eigenvalue weighted by Crippen LogP contribution is -2.39. The molecule has 0 aliphatic carbocycles. The van der Waals surface area contributed by atoms with E-state index in [2.05, 4.69) is 11.9 Å². The van der Waals surface area contributed by atoms with Gasteiger partial charge in [-0.25, -0.2) is 0 Å². The molecule has 0 bridgehead atoms. The fourth-order valence-electron chi connectivity index (χ4n) is 2.46. The first-order chi connectivity index (χ1) is 9.81. The molecule has 5 heteroatoms. The van der Waals surface area contributed by atoms with Gasteiger partial charge in [0.05, 0.1) is 6.10 Å². The molecule has 2 atom stereocenters. The Morgan fingerprint density at radius 2 is 2.00 bits per heavy atom. The molecule has 2 amide bonds. The quantitative estimate of drug-likeness (QED) is 0.550. The van der Waals surface area contributed by atoms with E-state index in [-0.39, 0.29) is 48.7 Å². The second-order valence-corrected chi connectivity index (χ2v) is 5.71. The number of amides is 2. The number of aliphatic hydroxyl groups excluding tert-OH is 1. The average Bonchev–Trinajstić information content (AvgIpc) is 2.36. The molecule has 2 N–H and O–H groups in total. The normalized spacial score (nSPS) is 19.9. The number of Topliss-reactive ketones (excluding diaryl/α,β-unsaturated/α-hetero) is 1. The van der Waals surface area contributed by atoms with Gasteiger partial charge in [0.15, 0.2) is 0 Å². The number of carbonyl (C=O) groups excluding carboxylic acids is 3. The van der Waals surface area contributed by atoms with Crippen LogP contribution in [0.15, 0.2) is 24.3 Å². The van der Waals surface area contributed by atoms with E-state index in [1.54, 1.807) is 19.1 Å². The van der Waals surface area contributed by atoms with Crippen molar-refractivity contribution in [1.29, 1.82) is 0 Å². The van der Waals surface area contributed by atoms with Crippen LogP contribution >= 0.6 is 0 Å². The number of allylic oxidation sites excluding steroid dienone is 3. The highest BCUT2D eigenvalue weighted by Gasteiger charge is 2.27. The van der Waals surface area contributed by atoms with Crippen molar-refractivity contribution < 1.29 is 19.5 Å². The van der Waals surface area contributed by atoms with Gasteiger partial charge in [0.2, 0.25) is 11.8 Å². The Labute approximate surface area is 125 Å². The zero-order valence-corrected chi connectivity index (χ0v) is 12.6. The Bertz CT molecular complexity index is 451. The van der Waals surface area contributed by atoms with Crippen LogP contribution in [0.3, 0.4) is 0 Å². The number of imide groups is 1. The lowest BCUT2D eigenvalue weighted by atomic mass is 9.88. The number of hydrogen-bond donors (Lipinski definition) is 2. The van der Waals surface area contributed by atoms with E-state index >= 15 is 0 Å². The summed E-state index contributed by atoms with van der Waals surface area (Å²) < 4.78 is 0. The maximum atomic E-state index is 12.0. The molecule has 116 valence electrons. The smallest absolute Gasteiger partial charge is 0.226 e. The van der Waals surface area contributed by atoms with Crippen molar-refractivity contribution in [3.63, 3.8) is 0 Å². The lowest BCUT2D eigenvalue weighted by molar-refractivity contribution is -0.135. The average molecular weight is 293 g/mol. The Balaban J connectivity index is 2.47. The van der Waals surface area contributed by atoms with E-state index in [0.717, 1.165) is 5.57 Å². The molecule has 0 aromatic rings. The van der Waals surface area contributed by atoms with Crippen molar-refractivity contribution in [2.24, 2.45) is 11.8 Å². The maximum absolute atomic E-state index is 12.0. The molecule has 5 nitrogen and oxygen atoms in total. The van der Waals surface area contributed by atoms with Crippen LogP contribution < -0.4 is 5.32 Å². The Morgan fingerprint density at radius 1 is 1.43 bits per heavy atom. The molecular formula is C16H23NO4. The van der Waals surface area contributed by atoms with E-state index in [0.29, 0.717) is 6.42 Å². The largest absolute Gasteiger partial charge is 0.393 e. The number of ketones is 1. The number of aliphatic hydroxyl groups is 1. The van der Waals surface area contributed by atoms with Gasteiger partial charge in [-0.15, -0.1) is 0 Å². The van der Waals surface area contributed by atoms with Crippen LogP contribution in [0.25, 0.3) is 0 Å². The van der Waals surface area contributed by atoms with Crippen molar-refractivity contribution in [3.8, 4) is 0 Å². The standard InChI is InChI=1S/C16H23NO4/c1-4-10(2)5-11(3)14(19)9-13(18)6-12-7-15(20)17-16(21)8-12/h4-5,11-13,18H,1,6-9H2,2-3H3,(H,17,20,21)/b10-5-/t11-,13+/m0/s1. The van der Waals surface area contributed by atoms with Gasteiger partial charge in [-0.1, -0.05) is 31.2 Å². The summed E-state index contributed by atoms with van der Waals surface area (Å²) in [6.45, 7) is 7.26. The molecular weight excluding hydrogens is 270 g/mol. The van der Waals surface area contributed by atoms with Crippen LogP contribution in [0, 0.1) is 11.8 Å². The third kappa shape index (κ3) is 6.04. The van der Waals surface area contributed by atoms with Crippen molar-refractivity contribution in [2.45, 2.75) is 45.6 Å². The van der Waals surface area contributed by atoms with Crippen LogP contribution in [0.1, 0.15) is 39.5 Å². The summed E-state index contributed by atoms with van der Waals surface area (Å²) in [5.41, 5.74) is 0.917. The fraction of sp³-hybridized carbons (Fsp3) is 0.562. The van der Waals surface area contributed by atoms with Crippen molar-refractivity contribution in [2.75, 3.05) is 0 Å². The third-order valence-corrected chi connectivity index (χ3v) is 3.61. The maximum Gasteiger partial charge on any atom is 0.226 e. The number of rotatable bonds is 7. The predicted octanol–water partition coefficient (Wildman–Crippen LogP) is 1.52. The van der Waals surface area contributed by atoms with Gasteiger partial charge in [-0.2, -0.15) is 0 Å². The SMILES string of the molecule is C=C/C(C)=C\[C@H](C)C(=O)C[C@H](O)CC1CC(=O)NC(=O)C1. The minimum atomic E-state index is -0.818. The summed E-state index contributed by atoms with van der Waals surface area (Å²) in [6, 6.07) is 0. The molecule has 0 spiro atoms. The molecule has 1 fully saturated rings. The number of hydrogen-bond acceptors (Lipinski definition) is 4. The topological polar surface area (TPSA) is 83.5 Å². The van der Waals surface area contributed by atoms with E-state index in [9.17, 15) is 19.5 Å². The molecule has 1 aliphatic heterocycles. The molecule has 0 saturated carbocycles. The van der Waals surface area contributed by atoms with Crippen LogP contribution in [0.2, 0.25) is 0 Å². The fourth-order valence-corrected chi connectivity index (χ4v) is 2.46. The van der Waals surface area contributed by atoms with E-state index < -0.39 is 6.10 Å². The van der Waals surface area contributed by atoms with Gasteiger partial charge in [0, 0.05) is 25.2 Å². The molecule has 0 unspecified atom stereocenters. The van der Waals surface area contributed by atoms with E-state index in [1.807, 2.05) is 6.92 Å². The minimum absolute atomic E-state index is 0.0361. The highest BCUT2D eigenvalue weighted by molar-refractivity contribution is 5.97. The van der Waals surface area contributed by atoms with Gasteiger partial charge in [0.1, 0.15) is 5.78 Å². The monoisotopic (exact) mass is 293 g/mol. The number of carbonyl (C=O) groups is 3. The Morgan fingerprint density at radius 3 is 2.52 bits per heavy atom. The summed E-state index contributed by atoms with van der Waals surface area (Å²) in [4.78, 5) is 34.5. The van der Waals surface area contributed by atoms with Crippen LogP contribution in [-0.4, -0.2) is 28.8 Å². The zero-order chi connectivity index (χ0) is 16.0. The van der Waals surface area contributed by atoms with Gasteiger partial charge in [-0.3, -0.25) is 19.7 Å². The van der Waals surface area contributed by atoms with Gasteiger partial charge < -0.3 is 5.11 Å². The molecule has 0 radical (unpaired) electrons. The van der Waals surface area contributed by atoms with E-state index in [1.165, 1.54) is 0 Å². The van der Waals surface area contributed by atoms with Crippen LogP contribution in [0.5, 0.6) is 0 Å². The van der Waals surface area contributed by atoms with Gasteiger partial charge in [0.25, 0.3) is 0 Å². The summed E-state index contributed by atoms with van der Waals surface area (Å²) in [5, 5.41) is 12.2. The molecule has 1 heterocycles. The molecule has 0 aromatic heterocycles. The summed E-state index contributed by atoms with van der Waals surface area (Å²) >= 11 is 0. The molecule has 21 heavy (non-hydrogen) atoms. The first kappa shape index (κ1) is 17.3. The van der Waals surface area contributed by atoms with Crippen molar-refractivity contribution >= 4 is 17.6 Å². The van der Waals surface area contributed by atoms with Crippen LogP contribution in [0.4, 0.5) is 0 Å². The first-order valence-electron chi connectivity index (χ1n) is 7.16. The Hall–Kier alpha value is -1.75. The molecule has 1 saturated heterocycles. The van der Waals surface area contributed by atoms with E-state index in [4.69, 9.17) is 0 Å². The predicted molar refractivity (Wildman–Crippen MR) is 79.2 cm³/mol. The third-order valence-electron chi connectivity index (χ3n) is 3.61. The molecule has 1 rings (SSSR count). The first-order valence-corrected chi connectivity index (χ1v) is 7.16. The van der Waals surface area contributed by atoms with Gasteiger partial charge in [-0.05, 0) is 19.3 Å². The van der Waals surface area contributed by atoms with Crippen molar-refractivity contribution in [3.05, 3.63) is 24.3 Å². The summed E-state index contributed by atoms with van der Waals surface area (Å²) in [7, 11) is 0. The highest BCUT2D eigenvalue weighted by atomic mass is 16.3. The second kappa shape index (κ2) is 7.88. The summed E-state index contributed by atoms with van der Waals surface area (Å²) in [5.74, 6) is -1.15. The highest BCUT2D eigenvalue weighted by Crippen LogP contribution is 2.21. The second-order valence-electron chi connectivity index (χ2n) is 5.71. The van der Waals surface area contributed by atoms with Crippen molar-refractivity contribution in [1.82, 2.24) is 5.32 Å². The Kier molecular flexibility index (Phi) is 6.49. The zero-order valence-electron chi connectivity index (χ0n) is 12.6. The summed E-state index contributed by atoms with van der Waals surface area (Å²) in [6.07, 6.45) is 3.44. The van der Waals surface area contributed by atoms with Gasteiger partial charge >= 0.3 is 0 Å². The number of piperidine rings is 1. The molecule has 1 aliphatic rings. The lowest BCUT2D eigenvalue weighted by Gasteiger charge is -2.23. The molecule has 0 aromatic carbocycles.